The number of nitrogens with zero attached hydrogens (tertiary/aromatic N) is 1. The number of nitrogens with one attached hydrogen (secondary N) is 1. The van der Waals surface area contributed by atoms with Crippen molar-refractivity contribution in [3.8, 4) is 0 Å². The predicted molar refractivity (Wildman–Crippen MR) is 83.9 cm³/mol. The van der Waals surface area contributed by atoms with Crippen LogP contribution in [-0.4, -0.2) is 37.6 Å². The molecule has 1 aromatic rings. The summed E-state index contributed by atoms with van der Waals surface area (Å²) in [5.74, 6) is 0.179. The third-order valence-electron chi connectivity index (χ3n) is 3.84. The molecular weight excluding hydrogens is 296 g/mol. The van der Waals surface area contributed by atoms with E-state index in [1.54, 1.807) is 11.2 Å². The van der Waals surface area contributed by atoms with Crippen molar-refractivity contribution in [3.05, 3.63) is 28.8 Å². The van der Waals surface area contributed by atoms with Crippen molar-refractivity contribution >= 4 is 27.3 Å². The molecule has 1 N–H and O–H groups in total. The molecule has 112 valence electrons. The molecule has 0 spiro atoms. The average Bonchev–Trinajstić information content (AvgIpc) is 2.44. The molecule has 0 bridgehead atoms. The highest BCUT2D eigenvalue weighted by Crippen LogP contribution is 2.25. The van der Waals surface area contributed by atoms with Gasteiger partial charge in [0.25, 0.3) is 0 Å². The van der Waals surface area contributed by atoms with Crippen molar-refractivity contribution in [2.75, 3.05) is 24.2 Å². The van der Waals surface area contributed by atoms with Gasteiger partial charge in [-0.05, 0) is 44.4 Å². The Morgan fingerprint density at radius 2 is 2.00 bits per heavy atom. The third kappa shape index (κ3) is 3.45. The number of hydrogen-bond donors (Lipinski definition) is 1. The zero-order valence-electron chi connectivity index (χ0n) is 11.9. The molecule has 0 radical (unpaired) electrons. The Hall–Kier alpha value is -0.780. The third-order valence-corrected chi connectivity index (χ3v) is 6.13. The van der Waals surface area contributed by atoms with Crippen molar-refractivity contribution in [2.24, 2.45) is 0 Å². The number of piperidine rings is 1. The Morgan fingerprint density at radius 3 is 2.60 bits per heavy atom. The molecule has 0 aliphatic carbocycles. The highest BCUT2D eigenvalue weighted by Gasteiger charge is 2.26. The van der Waals surface area contributed by atoms with Crippen LogP contribution in [0.15, 0.2) is 18.2 Å². The number of halogens is 1. The van der Waals surface area contributed by atoms with E-state index in [0.29, 0.717) is 19.1 Å². The lowest BCUT2D eigenvalue weighted by atomic mass is 10.1. The van der Waals surface area contributed by atoms with E-state index >= 15 is 0 Å². The molecule has 1 saturated heterocycles. The van der Waals surface area contributed by atoms with Gasteiger partial charge in [0.15, 0.2) is 0 Å². The molecule has 0 unspecified atom stereocenters. The summed E-state index contributed by atoms with van der Waals surface area (Å²) in [6.45, 7) is 4.86. The second-order valence-electron chi connectivity index (χ2n) is 5.13. The largest absolute Gasteiger partial charge is 0.382 e. The molecule has 2 rings (SSSR count). The Labute approximate surface area is 126 Å². The molecule has 1 fully saturated rings. The minimum atomic E-state index is -3.05. The maximum Gasteiger partial charge on any atom is 0.213 e. The first-order valence-electron chi connectivity index (χ1n) is 6.93. The minimum Gasteiger partial charge on any atom is -0.382 e. The van der Waals surface area contributed by atoms with Gasteiger partial charge in [-0.3, -0.25) is 0 Å². The fourth-order valence-corrected chi connectivity index (χ4v) is 3.75. The normalized spacial score (nSPS) is 18.1. The molecule has 1 aliphatic heterocycles. The van der Waals surface area contributed by atoms with Crippen molar-refractivity contribution in [1.82, 2.24) is 4.31 Å². The topological polar surface area (TPSA) is 49.4 Å². The van der Waals surface area contributed by atoms with E-state index in [2.05, 4.69) is 5.32 Å². The lowest BCUT2D eigenvalue weighted by Crippen LogP contribution is -2.43. The van der Waals surface area contributed by atoms with Gasteiger partial charge in [-0.25, -0.2) is 12.7 Å². The number of anilines is 1. The van der Waals surface area contributed by atoms with Crippen molar-refractivity contribution in [3.63, 3.8) is 0 Å². The van der Waals surface area contributed by atoms with Gasteiger partial charge in [-0.15, -0.1) is 0 Å². The first-order chi connectivity index (χ1) is 9.44. The molecule has 0 amide bonds. The van der Waals surface area contributed by atoms with Crippen LogP contribution < -0.4 is 5.32 Å². The van der Waals surface area contributed by atoms with E-state index in [-0.39, 0.29) is 5.75 Å². The first kappa shape index (κ1) is 15.6. The highest BCUT2D eigenvalue weighted by atomic mass is 35.5. The second-order valence-corrected chi connectivity index (χ2v) is 7.80. The van der Waals surface area contributed by atoms with Crippen molar-refractivity contribution in [2.45, 2.75) is 32.7 Å². The van der Waals surface area contributed by atoms with Gasteiger partial charge in [0.05, 0.1) is 5.75 Å². The summed E-state index contributed by atoms with van der Waals surface area (Å²) in [5, 5.41) is 4.22. The zero-order chi connectivity index (χ0) is 14.8. The monoisotopic (exact) mass is 316 g/mol. The average molecular weight is 317 g/mol. The van der Waals surface area contributed by atoms with Crippen LogP contribution in [0.25, 0.3) is 0 Å². The maximum absolute atomic E-state index is 11.8. The van der Waals surface area contributed by atoms with Gasteiger partial charge in [-0.2, -0.15) is 0 Å². The van der Waals surface area contributed by atoms with Gasteiger partial charge in [-0.1, -0.05) is 17.7 Å². The van der Waals surface area contributed by atoms with Crippen LogP contribution in [0.1, 0.15) is 25.3 Å². The summed E-state index contributed by atoms with van der Waals surface area (Å²) < 4.78 is 25.2. The molecule has 1 heterocycles. The molecule has 0 saturated carbocycles. The van der Waals surface area contributed by atoms with E-state index in [9.17, 15) is 8.42 Å². The molecule has 6 heteroatoms. The quantitative estimate of drug-likeness (QED) is 0.929. The van der Waals surface area contributed by atoms with Crippen LogP contribution in [0.4, 0.5) is 5.69 Å². The van der Waals surface area contributed by atoms with Gasteiger partial charge >= 0.3 is 0 Å². The maximum atomic E-state index is 11.8. The van der Waals surface area contributed by atoms with Gasteiger partial charge in [0.1, 0.15) is 0 Å². The molecule has 1 aromatic carbocycles. The first-order valence-corrected chi connectivity index (χ1v) is 8.92. The number of benzene rings is 1. The predicted octanol–water partition coefficient (Wildman–Crippen LogP) is 2.87. The Bertz CT molecular complexity index is 567. The van der Waals surface area contributed by atoms with Crippen molar-refractivity contribution in [1.29, 1.82) is 0 Å². The lowest BCUT2D eigenvalue weighted by molar-refractivity contribution is 0.330. The van der Waals surface area contributed by atoms with Crippen LogP contribution in [0.2, 0.25) is 5.02 Å². The number of sulfonamides is 1. The van der Waals surface area contributed by atoms with Gasteiger partial charge in [0.2, 0.25) is 10.0 Å². The summed E-state index contributed by atoms with van der Waals surface area (Å²) in [6, 6.07) is 6.11. The molecule has 4 nitrogen and oxygen atoms in total. The van der Waals surface area contributed by atoms with E-state index in [1.165, 1.54) is 0 Å². The fourth-order valence-electron chi connectivity index (χ4n) is 2.44. The van der Waals surface area contributed by atoms with Gasteiger partial charge in [0, 0.05) is 29.8 Å². The summed E-state index contributed by atoms with van der Waals surface area (Å²) in [6.07, 6.45) is 1.65. The Kier molecular flexibility index (Phi) is 4.94. The summed E-state index contributed by atoms with van der Waals surface area (Å²) >= 11 is 6.11. The number of rotatable bonds is 4. The van der Waals surface area contributed by atoms with Crippen LogP contribution in [-0.2, 0) is 10.0 Å². The summed E-state index contributed by atoms with van der Waals surface area (Å²) in [5.41, 5.74) is 2.08. The highest BCUT2D eigenvalue weighted by molar-refractivity contribution is 7.89. The second kappa shape index (κ2) is 6.33. The number of hydrogen-bond acceptors (Lipinski definition) is 3. The van der Waals surface area contributed by atoms with E-state index in [1.807, 2.05) is 25.1 Å². The standard InChI is InChI=1S/C14H21ClN2O2S/c1-3-20(18,19)17-9-7-12(8-10-17)16-14-6-4-5-13(15)11(14)2/h4-6,12,16H,3,7-10H2,1-2H3. The van der Waals surface area contributed by atoms with Crippen LogP contribution >= 0.6 is 11.6 Å². The summed E-state index contributed by atoms with van der Waals surface area (Å²) in [4.78, 5) is 0. The van der Waals surface area contributed by atoms with E-state index < -0.39 is 10.0 Å². The molecule has 0 atom stereocenters. The molecular formula is C14H21ClN2O2S. The van der Waals surface area contributed by atoms with Crippen LogP contribution in [0.5, 0.6) is 0 Å². The lowest BCUT2D eigenvalue weighted by Gasteiger charge is -2.32. The molecule has 0 aromatic heterocycles. The summed E-state index contributed by atoms with van der Waals surface area (Å²) in [7, 11) is -3.05. The van der Waals surface area contributed by atoms with Crippen LogP contribution in [0.3, 0.4) is 0 Å². The molecule has 1 aliphatic rings. The van der Waals surface area contributed by atoms with Crippen LogP contribution in [0, 0.1) is 6.92 Å². The Morgan fingerprint density at radius 1 is 1.35 bits per heavy atom. The van der Waals surface area contributed by atoms with Gasteiger partial charge < -0.3 is 5.32 Å². The van der Waals surface area contributed by atoms with Crippen molar-refractivity contribution < 1.29 is 8.42 Å². The Balaban J connectivity index is 1.97. The smallest absolute Gasteiger partial charge is 0.213 e. The SMILES string of the molecule is CCS(=O)(=O)N1CCC(Nc2cccc(Cl)c2C)CC1. The fraction of sp³-hybridized carbons (Fsp3) is 0.571. The minimum absolute atomic E-state index is 0.179. The van der Waals surface area contributed by atoms with E-state index in [4.69, 9.17) is 11.6 Å². The molecule has 20 heavy (non-hydrogen) atoms. The zero-order valence-corrected chi connectivity index (χ0v) is 13.5. The van der Waals surface area contributed by atoms with E-state index in [0.717, 1.165) is 29.1 Å².